The molecular formula is C20H13FN2O2S. The van der Waals surface area contributed by atoms with Gasteiger partial charge in [-0.1, -0.05) is 29.8 Å². The van der Waals surface area contributed by atoms with Crippen molar-refractivity contribution in [3.63, 3.8) is 0 Å². The van der Waals surface area contributed by atoms with E-state index in [0.717, 1.165) is 16.7 Å². The van der Waals surface area contributed by atoms with Crippen LogP contribution in [0.3, 0.4) is 0 Å². The lowest BCUT2D eigenvalue weighted by atomic mass is 10.0. The predicted octanol–water partition coefficient (Wildman–Crippen LogP) is 4.33. The zero-order valence-corrected chi connectivity index (χ0v) is 14.6. The number of halogens is 1. The molecule has 1 N–H and O–H groups in total. The van der Waals surface area contributed by atoms with E-state index in [0.29, 0.717) is 15.6 Å². The number of aromatic nitrogens is 2. The van der Waals surface area contributed by atoms with Gasteiger partial charge in [-0.15, -0.1) is 11.3 Å². The van der Waals surface area contributed by atoms with Gasteiger partial charge in [-0.05, 0) is 36.8 Å². The standard InChI is InChI=1S/C20H13FN2O2S/c1-11-3-2-4-13(9-11)15-10-26-19-16(15)20(25)23-22-17(19)18(24)12-5-7-14(21)8-6-12/h2-10H,1H3,(H,23,25). The molecule has 128 valence electrons. The second-order valence-electron chi connectivity index (χ2n) is 5.96. The summed E-state index contributed by atoms with van der Waals surface area (Å²) < 4.78 is 13.6. The van der Waals surface area contributed by atoms with E-state index in [-0.39, 0.29) is 17.0 Å². The maximum Gasteiger partial charge on any atom is 0.273 e. The van der Waals surface area contributed by atoms with Crippen molar-refractivity contribution < 1.29 is 9.18 Å². The number of carbonyl (C=O) groups excluding carboxylic acids is 1. The van der Waals surface area contributed by atoms with Gasteiger partial charge in [0.05, 0.1) is 10.1 Å². The van der Waals surface area contributed by atoms with E-state index >= 15 is 0 Å². The van der Waals surface area contributed by atoms with Crippen LogP contribution in [0.15, 0.2) is 58.7 Å². The average molecular weight is 364 g/mol. The Balaban J connectivity index is 1.91. The monoisotopic (exact) mass is 364 g/mol. The van der Waals surface area contributed by atoms with Gasteiger partial charge in [-0.3, -0.25) is 9.59 Å². The molecule has 0 radical (unpaired) electrons. The molecule has 0 aliphatic heterocycles. The number of nitrogens with zero attached hydrogens (tertiary/aromatic N) is 1. The van der Waals surface area contributed by atoms with Gasteiger partial charge in [0, 0.05) is 16.5 Å². The second kappa shape index (κ2) is 6.31. The number of hydrogen-bond donors (Lipinski definition) is 1. The molecule has 0 atom stereocenters. The number of rotatable bonds is 3. The fourth-order valence-electron chi connectivity index (χ4n) is 2.89. The SMILES string of the molecule is Cc1cccc(-c2csc3c(C(=O)c4ccc(F)cc4)n[nH]c(=O)c23)c1. The lowest BCUT2D eigenvalue weighted by molar-refractivity contribution is 0.103. The fourth-order valence-corrected chi connectivity index (χ4v) is 3.95. The van der Waals surface area contributed by atoms with E-state index in [1.54, 1.807) is 0 Å². The largest absolute Gasteiger partial charge is 0.287 e. The molecule has 6 heteroatoms. The quantitative estimate of drug-likeness (QED) is 0.550. The number of carbonyl (C=O) groups is 1. The molecule has 0 unspecified atom stereocenters. The van der Waals surface area contributed by atoms with Gasteiger partial charge < -0.3 is 0 Å². The van der Waals surface area contributed by atoms with Gasteiger partial charge >= 0.3 is 0 Å². The number of nitrogens with one attached hydrogen (secondary N) is 1. The van der Waals surface area contributed by atoms with Gasteiger partial charge in [0.15, 0.2) is 0 Å². The highest BCUT2D eigenvalue weighted by molar-refractivity contribution is 7.18. The molecule has 0 saturated heterocycles. The number of fused-ring (bicyclic) bond motifs is 1. The van der Waals surface area contributed by atoms with Crippen molar-refractivity contribution in [2.75, 3.05) is 0 Å². The molecule has 0 saturated carbocycles. The summed E-state index contributed by atoms with van der Waals surface area (Å²) in [7, 11) is 0. The van der Waals surface area contributed by atoms with E-state index in [9.17, 15) is 14.0 Å². The van der Waals surface area contributed by atoms with Crippen LogP contribution in [0.25, 0.3) is 21.2 Å². The lowest BCUT2D eigenvalue weighted by Crippen LogP contribution is -2.14. The summed E-state index contributed by atoms with van der Waals surface area (Å²) in [4.78, 5) is 25.2. The summed E-state index contributed by atoms with van der Waals surface area (Å²) in [6.07, 6.45) is 0. The maximum absolute atomic E-state index is 13.1. The Bertz CT molecular complexity index is 1190. The molecule has 2 aromatic carbocycles. The molecule has 2 aromatic heterocycles. The molecule has 2 heterocycles. The first-order chi connectivity index (χ1) is 12.5. The fraction of sp³-hybridized carbons (Fsp3) is 0.0500. The summed E-state index contributed by atoms with van der Waals surface area (Å²) >= 11 is 1.30. The normalized spacial score (nSPS) is 11.0. The van der Waals surface area contributed by atoms with Crippen LogP contribution in [0.5, 0.6) is 0 Å². The van der Waals surface area contributed by atoms with Crippen LogP contribution >= 0.6 is 11.3 Å². The van der Waals surface area contributed by atoms with Gasteiger partial charge in [0.2, 0.25) is 5.78 Å². The number of aryl methyl sites for hydroxylation is 1. The summed E-state index contributed by atoms with van der Waals surface area (Å²) in [5.41, 5.74) is 2.90. The van der Waals surface area contributed by atoms with Crippen LogP contribution in [-0.4, -0.2) is 16.0 Å². The van der Waals surface area contributed by atoms with Gasteiger partial charge in [0.1, 0.15) is 11.5 Å². The molecule has 0 aliphatic carbocycles. The van der Waals surface area contributed by atoms with Crippen LogP contribution < -0.4 is 5.56 Å². The van der Waals surface area contributed by atoms with E-state index in [4.69, 9.17) is 0 Å². The van der Waals surface area contributed by atoms with Gasteiger partial charge in [-0.2, -0.15) is 5.10 Å². The Morgan fingerprint density at radius 3 is 2.65 bits per heavy atom. The van der Waals surface area contributed by atoms with Gasteiger partial charge in [-0.25, -0.2) is 9.49 Å². The van der Waals surface area contributed by atoms with Crippen molar-refractivity contribution >= 4 is 27.2 Å². The van der Waals surface area contributed by atoms with Crippen molar-refractivity contribution in [3.8, 4) is 11.1 Å². The first-order valence-electron chi connectivity index (χ1n) is 7.92. The van der Waals surface area contributed by atoms with E-state index < -0.39 is 5.82 Å². The zero-order valence-electron chi connectivity index (χ0n) is 13.7. The molecule has 4 rings (SSSR count). The van der Waals surface area contributed by atoms with Crippen LogP contribution in [0.4, 0.5) is 4.39 Å². The minimum absolute atomic E-state index is 0.162. The first-order valence-corrected chi connectivity index (χ1v) is 8.80. The first kappa shape index (κ1) is 16.4. The molecule has 26 heavy (non-hydrogen) atoms. The number of H-pyrrole nitrogens is 1. The summed E-state index contributed by atoms with van der Waals surface area (Å²) in [6, 6.07) is 13.1. The van der Waals surface area contributed by atoms with Crippen molar-refractivity contribution in [1.29, 1.82) is 0 Å². The molecule has 0 aliphatic rings. The average Bonchev–Trinajstić information content (AvgIpc) is 3.08. The Labute approximate surface area is 151 Å². The van der Waals surface area contributed by atoms with Crippen molar-refractivity contribution in [2.24, 2.45) is 0 Å². The molecule has 4 nitrogen and oxygen atoms in total. The highest BCUT2D eigenvalue weighted by Crippen LogP contribution is 2.33. The van der Waals surface area contributed by atoms with Crippen molar-refractivity contribution in [2.45, 2.75) is 6.92 Å². The van der Waals surface area contributed by atoms with Crippen LogP contribution in [0.1, 0.15) is 21.6 Å². The van der Waals surface area contributed by atoms with Crippen LogP contribution in [0, 0.1) is 12.7 Å². The minimum Gasteiger partial charge on any atom is -0.287 e. The topological polar surface area (TPSA) is 62.8 Å². The van der Waals surface area contributed by atoms with Crippen molar-refractivity contribution in [1.82, 2.24) is 10.2 Å². The Morgan fingerprint density at radius 2 is 1.92 bits per heavy atom. The molecule has 4 aromatic rings. The third-order valence-corrected chi connectivity index (χ3v) is 5.14. The summed E-state index contributed by atoms with van der Waals surface area (Å²) in [5, 5.41) is 8.69. The number of ketones is 1. The lowest BCUT2D eigenvalue weighted by Gasteiger charge is -2.03. The maximum atomic E-state index is 13.1. The Hall–Kier alpha value is -3.12. The molecular weight excluding hydrogens is 351 g/mol. The van der Waals surface area contributed by atoms with Crippen LogP contribution in [0.2, 0.25) is 0 Å². The highest BCUT2D eigenvalue weighted by Gasteiger charge is 2.20. The Morgan fingerprint density at radius 1 is 1.15 bits per heavy atom. The number of aromatic amines is 1. The number of benzene rings is 2. The minimum atomic E-state index is -0.418. The molecule has 0 fully saturated rings. The molecule has 0 spiro atoms. The summed E-state index contributed by atoms with van der Waals surface area (Å²) in [5.74, 6) is -0.775. The van der Waals surface area contributed by atoms with E-state index in [1.807, 2.05) is 36.6 Å². The van der Waals surface area contributed by atoms with Crippen molar-refractivity contribution in [3.05, 3.63) is 86.9 Å². The van der Waals surface area contributed by atoms with Gasteiger partial charge in [0.25, 0.3) is 5.56 Å². The van der Waals surface area contributed by atoms with Crippen LogP contribution in [-0.2, 0) is 0 Å². The number of hydrogen-bond acceptors (Lipinski definition) is 4. The second-order valence-corrected chi connectivity index (χ2v) is 6.84. The molecule has 0 bridgehead atoms. The molecule has 0 amide bonds. The zero-order chi connectivity index (χ0) is 18.3. The smallest absolute Gasteiger partial charge is 0.273 e. The van der Waals surface area contributed by atoms with E-state index in [2.05, 4.69) is 10.2 Å². The van der Waals surface area contributed by atoms with E-state index in [1.165, 1.54) is 35.6 Å². The Kier molecular flexibility index (Phi) is 3.97. The third-order valence-electron chi connectivity index (χ3n) is 4.15. The summed E-state index contributed by atoms with van der Waals surface area (Å²) in [6.45, 7) is 1.98. The number of thiophene rings is 1. The third kappa shape index (κ3) is 2.74. The predicted molar refractivity (Wildman–Crippen MR) is 100 cm³/mol. The highest BCUT2D eigenvalue weighted by atomic mass is 32.1.